The van der Waals surface area contributed by atoms with Gasteiger partial charge in [0.15, 0.2) is 0 Å². The Morgan fingerprint density at radius 1 is 0.867 bits per heavy atom. The van der Waals surface area contributed by atoms with Crippen LogP contribution in [0.3, 0.4) is 0 Å². The fraction of sp³-hybridized carbons (Fsp3) is 0.556. The molecule has 4 atom stereocenters. The zero-order chi connectivity index (χ0) is 21.3. The second-order valence-electron chi connectivity index (χ2n) is 8.94. The molecule has 1 aliphatic carbocycles. The van der Waals surface area contributed by atoms with Gasteiger partial charge in [0.25, 0.3) is 0 Å². The summed E-state index contributed by atoms with van der Waals surface area (Å²) >= 11 is 0. The molecule has 2 aromatic rings. The number of alkyl halides is 2. The van der Waals surface area contributed by atoms with Crippen molar-refractivity contribution in [2.24, 2.45) is 0 Å². The Balaban J connectivity index is 1.49. The van der Waals surface area contributed by atoms with E-state index in [4.69, 9.17) is 0 Å². The van der Waals surface area contributed by atoms with Crippen molar-refractivity contribution in [1.29, 1.82) is 0 Å². The van der Waals surface area contributed by atoms with Crippen LogP contribution in [0.15, 0.2) is 54.6 Å². The predicted molar refractivity (Wildman–Crippen MR) is 123 cm³/mol. The maximum atomic E-state index is 13.7. The van der Waals surface area contributed by atoms with Crippen molar-refractivity contribution in [3.63, 3.8) is 0 Å². The lowest BCUT2D eigenvalue weighted by Crippen LogP contribution is -2.35. The standard InChI is InChI=1S/C27H37F2N/c1-3-18-30(19-17-22-7-5-4-6-8-22)21(2)9-10-23-11-13-24(14-12-23)25-15-16-26(28)27(29)20-25/h4-8,11-14,21,25-27H,3,9-10,15-20H2,1-2H3. The topological polar surface area (TPSA) is 3.24 Å². The van der Waals surface area contributed by atoms with E-state index in [0.29, 0.717) is 18.9 Å². The van der Waals surface area contributed by atoms with Gasteiger partial charge >= 0.3 is 0 Å². The highest BCUT2D eigenvalue weighted by atomic mass is 19.2. The third kappa shape index (κ3) is 6.63. The van der Waals surface area contributed by atoms with Crippen molar-refractivity contribution in [3.05, 3.63) is 71.3 Å². The van der Waals surface area contributed by atoms with Crippen molar-refractivity contribution in [2.75, 3.05) is 13.1 Å². The fourth-order valence-corrected chi connectivity index (χ4v) is 4.65. The number of benzene rings is 2. The summed E-state index contributed by atoms with van der Waals surface area (Å²) in [5, 5.41) is 0. The van der Waals surface area contributed by atoms with Gasteiger partial charge in [0, 0.05) is 12.6 Å². The molecule has 164 valence electrons. The van der Waals surface area contributed by atoms with Gasteiger partial charge in [-0.2, -0.15) is 0 Å². The molecule has 1 fully saturated rings. The summed E-state index contributed by atoms with van der Waals surface area (Å²) in [5.74, 6) is 0.165. The van der Waals surface area contributed by atoms with E-state index < -0.39 is 12.3 Å². The first-order valence-electron chi connectivity index (χ1n) is 11.7. The monoisotopic (exact) mass is 413 g/mol. The molecule has 0 aromatic heterocycles. The van der Waals surface area contributed by atoms with E-state index >= 15 is 0 Å². The highest BCUT2D eigenvalue weighted by Gasteiger charge is 2.31. The van der Waals surface area contributed by atoms with Gasteiger partial charge in [-0.1, -0.05) is 61.5 Å². The quantitative estimate of drug-likeness (QED) is 0.409. The second kappa shape index (κ2) is 11.6. The SMILES string of the molecule is CCCN(CCc1ccccc1)C(C)CCc1ccc(C2CCC(F)C(F)C2)cc1. The Morgan fingerprint density at radius 3 is 2.23 bits per heavy atom. The van der Waals surface area contributed by atoms with Gasteiger partial charge in [-0.15, -0.1) is 0 Å². The van der Waals surface area contributed by atoms with Crippen LogP contribution in [-0.2, 0) is 12.8 Å². The van der Waals surface area contributed by atoms with Crippen LogP contribution in [0, 0.1) is 0 Å². The van der Waals surface area contributed by atoms with E-state index in [0.717, 1.165) is 44.3 Å². The zero-order valence-corrected chi connectivity index (χ0v) is 18.6. The number of hydrogen-bond acceptors (Lipinski definition) is 1. The van der Waals surface area contributed by atoms with Crippen LogP contribution < -0.4 is 0 Å². The molecule has 0 heterocycles. The van der Waals surface area contributed by atoms with E-state index in [1.165, 1.54) is 17.5 Å². The third-order valence-electron chi connectivity index (χ3n) is 6.66. The molecule has 0 amide bonds. The molecule has 4 unspecified atom stereocenters. The molecule has 3 heteroatoms. The molecule has 3 rings (SSSR count). The normalized spacial score (nSPS) is 22.9. The minimum atomic E-state index is -1.30. The first-order valence-corrected chi connectivity index (χ1v) is 11.7. The maximum absolute atomic E-state index is 13.7. The van der Waals surface area contributed by atoms with Crippen LogP contribution in [0.25, 0.3) is 0 Å². The van der Waals surface area contributed by atoms with Crippen molar-refractivity contribution in [1.82, 2.24) is 4.90 Å². The summed E-state index contributed by atoms with van der Waals surface area (Å²) in [7, 11) is 0. The van der Waals surface area contributed by atoms with Gasteiger partial charge in [-0.05, 0) is 81.0 Å². The molecule has 30 heavy (non-hydrogen) atoms. The molecule has 0 radical (unpaired) electrons. The lowest BCUT2D eigenvalue weighted by Gasteiger charge is -2.29. The van der Waals surface area contributed by atoms with Gasteiger partial charge in [-0.25, -0.2) is 8.78 Å². The van der Waals surface area contributed by atoms with Gasteiger partial charge < -0.3 is 4.90 Å². The number of rotatable bonds is 10. The molecular formula is C27H37F2N. The number of aryl methyl sites for hydroxylation is 1. The Hall–Kier alpha value is -1.74. The molecular weight excluding hydrogens is 376 g/mol. The second-order valence-corrected chi connectivity index (χ2v) is 8.94. The minimum Gasteiger partial charge on any atom is -0.300 e. The molecule has 0 N–H and O–H groups in total. The lowest BCUT2D eigenvalue weighted by molar-refractivity contribution is 0.108. The van der Waals surface area contributed by atoms with Gasteiger partial charge in [0.1, 0.15) is 12.3 Å². The lowest BCUT2D eigenvalue weighted by atomic mass is 9.82. The van der Waals surface area contributed by atoms with Gasteiger partial charge in [0.05, 0.1) is 0 Å². The summed E-state index contributed by atoms with van der Waals surface area (Å²) in [5.41, 5.74) is 3.90. The van der Waals surface area contributed by atoms with Crippen LogP contribution in [-0.4, -0.2) is 36.4 Å². The predicted octanol–water partition coefficient (Wildman–Crippen LogP) is 6.91. The van der Waals surface area contributed by atoms with Crippen LogP contribution >= 0.6 is 0 Å². The largest absolute Gasteiger partial charge is 0.300 e. The number of nitrogens with zero attached hydrogens (tertiary/aromatic N) is 1. The Morgan fingerprint density at radius 2 is 1.57 bits per heavy atom. The van der Waals surface area contributed by atoms with Crippen molar-refractivity contribution in [3.8, 4) is 0 Å². The molecule has 2 aromatic carbocycles. The molecule has 1 aliphatic rings. The third-order valence-corrected chi connectivity index (χ3v) is 6.66. The summed E-state index contributed by atoms with van der Waals surface area (Å²) in [6.45, 7) is 6.82. The summed E-state index contributed by atoms with van der Waals surface area (Å²) < 4.78 is 27.1. The van der Waals surface area contributed by atoms with E-state index in [2.05, 4.69) is 73.3 Å². The average molecular weight is 414 g/mol. The first kappa shape index (κ1) is 22.9. The van der Waals surface area contributed by atoms with E-state index in [1.54, 1.807) is 0 Å². The van der Waals surface area contributed by atoms with Gasteiger partial charge in [0.2, 0.25) is 0 Å². The zero-order valence-electron chi connectivity index (χ0n) is 18.6. The summed E-state index contributed by atoms with van der Waals surface area (Å²) in [4.78, 5) is 2.61. The van der Waals surface area contributed by atoms with Crippen molar-refractivity contribution in [2.45, 2.75) is 83.1 Å². The summed E-state index contributed by atoms with van der Waals surface area (Å²) in [6, 6.07) is 19.9. The average Bonchev–Trinajstić information content (AvgIpc) is 2.78. The molecule has 0 bridgehead atoms. The molecule has 1 saturated carbocycles. The fourth-order valence-electron chi connectivity index (χ4n) is 4.65. The van der Waals surface area contributed by atoms with Crippen molar-refractivity contribution >= 4 is 0 Å². The van der Waals surface area contributed by atoms with Crippen LogP contribution in [0.2, 0.25) is 0 Å². The number of halogens is 2. The smallest absolute Gasteiger partial charge is 0.132 e. The van der Waals surface area contributed by atoms with Crippen LogP contribution in [0.5, 0.6) is 0 Å². The molecule has 0 saturated heterocycles. The van der Waals surface area contributed by atoms with Crippen LogP contribution in [0.4, 0.5) is 8.78 Å². The molecule has 0 aliphatic heterocycles. The Kier molecular flexibility index (Phi) is 8.87. The van der Waals surface area contributed by atoms with Gasteiger partial charge in [-0.3, -0.25) is 0 Å². The van der Waals surface area contributed by atoms with E-state index in [1.807, 2.05) is 0 Å². The highest BCUT2D eigenvalue weighted by molar-refractivity contribution is 5.26. The van der Waals surface area contributed by atoms with Crippen molar-refractivity contribution < 1.29 is 8.78 Å². The summed E-state index contributed by atoms with van der Waals surface area (Å²) in [6.07, 6.45) is 3.31. The Bertz CT molecular complexity index is 730. The molecule has 0 spiro atoms. The maximum Gasteiger partial charge on any atom is 0.132 e. The van der Waals surface area contributed by atoms with Crippen LogP contribution in [0.1, 0.15) is 68.6 Å². The van der Waals surface area contributed by atoms with E-state index in [9.17, 15) is 8.78 Å². The number of hydrogen-bond donors (Lipinski definition) is 0. The van der Waals surface area contributed by atoms with E-state index in [-0.39, 0.29) is 5.92 Å². The minimum absolute atomic E-state index is 0.165. The highest BCUT2D eigenvalue weighted by Crippen LogP contribution is 2.35. The Labute approximate surface area is 181 Å². The first-order chi connectivity index (χ1) is 14.6. The molecule has 1 nitrogen and oxygen atoms in total.